The quantitative estimate of drug-likeness (QED) is 0.311. The average molecular weight is 390 g/mol. The first-order valence-corrected chi connectivity index (χ1v) is 9.66. The predicted molar refractivity (Wildman–Crippen MR) is 117 cm³/mol. The Morgan fingerprint density at radius 3 is 2.55 bits per heavy atom. The van der Waals surface area contributed by atoms with Crippen molar-refractivity contribution in [1.29, 1.82) is 5.41 Å². The number of pyridine rings is 1. The van der Waals surface area contributed by atoms with E-state index in [1.165, 1.54) is 0 Å². The Bertz CT molecular complexity index is 999. The molecule has 3 rings (SSSR count). The number of hydrogen-bond acceptors (Lipinski definition) is 4. The number of carbonyl (C=O) groups is 1. The lowest BCUT2D eigenvalue weighted by atomic mass is 9.99. The highest BCUT2D eigenvalue weighted by Crippen LogP contribution is 2.29. The lowest BCUT2D eigenvalue weighted by Crippen LogP contribution is -2.28. The van der Waals surface area contributed by atoms with Gasteiger partial charge in [-0.05, 0) is 48.2 Å². The van der Waals surface area contributed by atoms with Gasteiger partial charge < -0.3 is 10.1 Å². The Hall–Kier alpha value is -3.41. The summed E-state index contributed by atoms with van der Waals surface area (Å²) < 4.78 is 5.89. The molecule has 1 atom stereocenters. The third kappa shape index (κ3) is 5.10. The molecule has 1 amide bonds. The van der Waals surface area contributed by atoms with Gasteiger partial charge in [0.1, 0.15) is 5.75 Å². The Kier molecular flexibility index (Phi) is 6.44. The molecule has 0 radical (unpaired) electrons. The molecule has 0 fully saturated rings. The van der Waals surface area contributed by atoms with Crippen LogP contribution in [0.1, 0.15) is 20.8 Å². The van der Waals surface area contributed by atoms with E-state index in [1.807, 2.05) is 54.6 Å². The molecular formula is C23H26N4O2. The molecule has 0 saturated heterocycles. The van der Waals surface area contributed by atoms with Crippen molar-refractivity contribution in [3.8, 4) is 17.0 Å². The smallest absolute Gasteiger partial charge is 0.213 e. The number of nitrogens with one attached hydrogen (secondary N) is 3. The molecule has 6 heteroatoms. The molecule has 29 heavy (non-hydrogen) atoms. The molecule has 2 aromatic carbocycles. The molecule has 3 N–H and O–H groups in total. The van der Waals surface area contributed by atoms with Crippen LogP contribution >= 0.6 is 0 Å². The normalized spacial score (nSPS) is 11.9. The van der Waals surface area contributed by atoms with Crippen LogP contribution < -0.4 is 15.4 Å². The summed E-state index contributed by atoms with van der Waals surface area (Å²) in [4.78, 5) is 15.4. The van der Waals surface area contributed by atoms with Crippen molar-refractivity contribution in [2.75, 3.05) is 11.9 Å². The van der Waals surface area contributed by atoms with Crippen molar-refractivity contribution in [1.82, 2.24) is 10.3 Å². The molecule has 0 aliphatic heterocycles. The number of carbonyl (C=O) groups excluding carboxylic acids is 1. The second kappa shape index (κ2) is 9.19. The molecule has 1 unspecified atom stereocenters. The lowest BCUT2D eigenvalue weighted by molar-refractivity contribution is -0.108. The molecule has 0 bridgehead atoms. The van der Waals surface area contributed by atoms with Gasteiger partial charge in [-0.2, -0.15) is 0 Å². The van der Waals surface area contributed by atoms with Crippen LogP contribution in [0, 0.1) is 17.2 Å². The van der Waals surface area contributed by atoms with Crippen LogP contribution in [0.3, 0.4) is 0 Å². The molecule has 0 saturated carbocycles. The maximum atomic E-state index is 10.6. The zero-order valence-electron chi connectivity index (χ0n) is 16.9. The van der Waals surface area contributed by atoms with Crippen LogP contribution in [0.25, 0.3) is 22.2 Å². The zero-order valence-corrected chi connectivity index (χ0v) is 16.9. The topological polar surface area (TPSA) is 87.1 Å². The minimum absolute atomic E-state index is 0.0923. The molecule has 0 aliphatic rings. The largest absolute Gasteiger partial charge is 0.493 e. The Labute approximate surface area is 170 Å². The number of amides is 1. The summed E-state index contributed by atoms with van der Waals surface area (Å²) in [5.74, 6) is 1.80. The summed E-state index contributed by atoms with van der Waals surface area (Å²) in [6.07, 6.45) is 0.471. The number of aromatic nitrogens is 1. The van der Waals surface area contributed by atoms with Crippen LogP contribution in [0.5, 0.6) is 5.75 Å². The summed E-state index contributed by atoms with van der Waals surface area (Å²) >= 11 is 0. The maximum Gasteiger partial charge on any atom is 0.213 e. The van der Waals surface area contributed by atoms with Crippen molar-refractivity contribution in [3.05, 3.63) is 54.6 Å². The fourth-order valence-corrected chi connectivity index (χ4v) is 2.80. The van der Waals surface area contributed by atoms with Crippen molar-refractivity contribution < 1.29 is 9.53 Å². The number of rotatable bonds is 7. The Morgan fingerprint density at radius 2 is 1.86 bits per heavy atom. The lowest BCUT2D eigenvalue weighted by Gasteiger charge is -2.16. The first-order valence-electron chi connectivity index (χ1n) is 9.66. The minimum Gasteiger partial charge on any atom is -0.493 e. The molecule has 1 heterocycles. The molecular weight excluding hydrogens is 364 g/mol. The van der Waals surface area contributed by atoms with E-state index in [2.05, 4.69) is 31.4 Å². The van der Waals surface area contributed by atoms with Gasteiger partial charge in [0.05, 0.1) is 23.5 Å². The Morgan fingerprint density at radius 1 is 1.14 bits per heavy atom. The summed E-state index contributed by atoms with van der Waals surface area (Å²) in [5.41, 5.74) is 3.22. The van der Waals surface area contributed by atoms with E-state index in [9.17, 15) is 4.79 Å². The van der Waals surface area contributed by atoms with Crippen molar-refractivity contribution in [2.24, 2.45) is 11.8 Å². The van der Waals surface area contributed by atoms with Crippen LogP contribution in [0.4, 0.5) is 5.69 Å². The number of fused-ring (bicyclic) bond motifs is 1. The second-order valence-electron chi connectivity index (χ2n) is 7.39. The van der Waals surface area contributed by atoms with Crippen LogP contribution in [-0.2, 0) is 4.79 Å². The number of guanidine groups is 1. The number of nitrogens with zero attached hydrogens (tertiary/aromatic N) is 1. The van der Waals surface area contributed by atoms with E-state index < -0.39 is 0 Å². The number of anilines is 1. The van der Waals surface area contributed by atoms with Crippen LogP contribution in [0.15, 0.2) is 54.6 Å². The zero-order chi connectivity index (χ0) is 20.8. The molecule has 0 aliphatic carbocycles. The van der Waals surface area contributed by atoms with E-state index in [1.54, 1.807) is 0 Å². The van der Waals surface area contributed by atoms with Gasteiger partial charge in [0.15, 0.2) is 5.96 Å². The third-order valence-electron chi connectivity index (χ3n) is 4.98. The van der Waals surface area contributed by atoms with Crippen molar-refractivity contribution >= 4 is 29.0 Å². The monoisotopic (exact) mass is 390 g/mol. The van der Waals surface area contributed by atoms with Gasteiger partial charge in [0, 0.05) is 10.9 Å². The number of ether oxygens (including phenoxy) is 1. The van der Waals surface area contributed by atoms with Gasteiger partial charge in [-0.1, -0.05) is 39.0 Å². The third-order valence-corrected chi connectivity index (χ3v) is 4.98. The predicted octanol–water partition coefficient (Wildman–Crippen LogP) is 4.67. The first kappa shape index (κ1) is 20.3. The fourth-order valence-electron chi connectivity index (χ4n) is 2.80. The van der Waals surface area contributed by atoms with E-state index in [0.29, 0.717) is 30.5 Å². The second-order valence-corrected chi connectivity index (χ2v) is 7.39. The summed E-state index contributed by atoms with van der Waals surface area (Å²) in [7, 11) is 0. The van der Waals surface area contributed by atoms with Gasteiger partial charge in [0.2, 0.25) is 6.41 Å². The average Bonchev–Trinajstić information content (AvgIpc) is 2.72. The van der Waals surface area contributed by atoms with E-state index >= 15 is 0 Å². The van der Waals surface area contributed by atoms with Gasteiger partial charge in [-0.15, -0.1) is 0 Å². The van der Waals surface area contributed by atoms with Crippen molar-refractivity contribution in [2.45, 2.75) is 20.8 Å². The summed E-state index contributed by atoms with van der Waals surface area (Å²) in [6.45, 7) is 7.26. The molecule has 6 nitrogen and oxygen atoms in total. The standard InChI is InChI=1S/C23H26N4O2/c1-15(2)16(3)13-29-18-10-8-17(9-11-18)21-12-22(27-23(24)25-14-28)19-6-4-5-7-20(19)26-21/h4-12,14-16H,13H2,1-3H3,(H3,24,25,26,27,28). The van der Waals surface area contributed by atoms with E-state index in [0.717, 1.165) is 27.9 Å². The maximum absolute atomic E-state index is 10.6. The molecule has 1 aromatic heterocycles. The Balaban J connectivity index is 1.87. The molecule has 150 valence electrons. The summed E-state index contributed by atoms with van der Waals surface area (Å²) in [5, 5.41) is 13.9. The van der Waals surface area contributed by atoms with Crippen LogP contribution in [-0.4, -0.2) is 24.0 Å². The molecule has 0 spiro atoms. The summed E-state index contributed by atoms with van der Waals surface area (Å²) in [6, 6.07) is 17.4. The number of hydrogen-bond donors (Lipinski definition) is 3. The van der Waals surface area contributed by atoms with Gasteiger partial charge in [0.25, 0.3) is 0 Å². The van der Waals surface area contributed by atoms with Crippen LogP contribution in [0.2, 0.25) is 0 Å². The van der Waals surface area contributed by atoms with E-state index in [4.69, 9.17) is 15.1 Å². The van der Waals surface area contributed by atoms with Gasteiger partial charge >= 0.3 is 0 Å². The molecule has 3 aromatic rings. The minimum atomic E-state index is -0.0923. The first-order chi connectivity index (χ1) is 14.0. The van der Waals surface area contributed by atoms with Gasteiger partial charge in [-0.3, -0.25) is 15.5 Å². The van der Waals surface area contributed by atoms with E-state index in [-0.39, 0.29) is 5.96 Å². The fraction of sp³-hybridized carbons (Fsp3) is 0.261. The number of para-hydroxylation sites is 1. The number of benzene rings is 2. The highest BCUT2D eigenvalue weighted by molar-refractivity contribution is 6.04. The van der Waals surface area contributed by atoms with Gasteiger partial charge in [-0.25, -0.2) is 4.98 Å². The van der Waals surface area contributed by atoms with Crippen molar-refractivity contribution in [3.63, 3.8) is 0 Å². The highest BCUT2D eigenvalue weighted by atomic mass is 16.5. The SMILES string of the molecule is CC(C)C(C)COc1ccc(-c2cc(NC(=N)NC=O)c3ccccc3n2)cc1. The highest BCUT2D eigenvalue weighted by Gasteiger charge is 2.10.